The van der Waals surface area contributed by atoms with E-state index in [1.54, 1.807) is 30.3 Å². The summed E-state index contributed by atoms with van der Waals surface area (Å²) in [6.45, 7) is 8.77. The van der Waals surface area contributed by atoms with Crippen molar-refractivity contribution in [1.29, 1.82) is 0 Å². The predicted octanol–water partition coefficient (Wildman–Crippen LogP) is 4.13. The summed E-state index contributed by atoms with van der Waals surface area (Å²) in [6.07, 6.45) is 0.756. The summed E-state index contributed by atoms with van der Waals surface area (Å²) in [5, 5.41) is 2.87. The Bertz CT molecular complexity index is 907. The van der Waals surface area contributed by atoms with E-state index < -0.39 is 5.97 Å². The zero-order chi connectivity index (χ0) is 22.2. The lowest BCUT2D eigenvalue weighted by Gasteiger charge is -2.30. The molecule has 7 nitrogen and oxygen atoms in total. The van der Waals surface area contributed by atoms with Crippen LogP contribution in [-0.4, -0.2) is 50.9 Å². The number of nitrogens with zero attached hydrogens (tertiary/aromatic N) is 1. The maximum Gasteiger partial charge on any atom is 0.340 e. The zero-order valence-corrected chi connectivity index (χ0v) is 18.3. The van der Waals surface area contributed by atoms with Crippen LogP contribution in [-0.2, 0) is 9.47 Å². The van der Waals surface area contributed by atoms with E-state index in [4.69, 9.17) is 14.2 Å². The number of rotatable bonds is 8. The highest BCUT2D eigenvalue weighted by Gasteiger charge is 2.21. The molecule has 1 amide bonds. The van der Waals surface area contributed by atoms with E-state index >= 15 is 0 Å². The van der Waals surface area contributed by atoms with E-state index in [1.807, 2.05) is 32.9 Å². The molecule has 1 N–H and O–H groups in total. The number of amides is 1. The van der Waals surface area contributed by atoms with E-state index in [1.165, 1.54) is 0 Å². The van der Waals surface area contributed by atoms with Gasteiger partial charge in [0.15, 0.2) is 0 Å². The molecule has 0 aliphatic carbocycles. The largest absolute Gasteiger partial charge is 0.491 e. The van der Waals surface area contributed by atoms with Gasteiger partial charge in [-0.05, 0) is 56.7 Å². The second kappa shape index (κ2) is 10.8. The van der Waals surface area contributed by atoms with Crippen molar-refractivity contribution in [1.82, 2.24) is 0 Å². The summed E-state index contributed by atoms with van der Waals surface area (Å²) >= 11 is 0. The maximum absolute atomic E-state index is 12.8. The monoisotopic (exact) mass is 426 g/mol. The Morgan fingerprint density at radius 1 is 1.13 bits per heavy atom. The zero-order valence-electron chi connectivity index (χ0n) is 18.3. The molecule has 7 heteroatoms. The number of nitrogens with one attached hydrogen (secondary N) is 1. The molecule has 1 fully saturated rings. The summed E-state index contributed by atoms with van der Waals surface area (Å²) in [5.41, 5.74) is 2.23. The van der Waals surface area contributed by atoms with Gasteiger partial charge >= 0.3 is 5.97 Å². The van der Waals surface area contributed by atoms with E-state index in [-0.39, 0.29) is 12.0 Å². The first-order valence-corrected chi connectivity index (χ1v) is 10.7. The Hall–Kier alpha value is -3.06. The molecule has 1 heterocycles. The molecule has 0 radical (unpaired) electrons. The summed E-state index contributed by atoms with van der Waals surface area (Å²) in [4.78, 5) is 27.6. The predicted molar refractivity (Wildman–Crippen MR) is 120 cm³/mol. The second-order valence-corrected chi connectivity index (χ2v) is 7.62. The molecule has 0 spiro atoms. The molecule has 0 saturated carbocycles. The van der Waals surface area contributed by atoms with Crippen molar-refractivity contribution in [2.75, 3.05) is 43.1 Å². The van der Waals surface area contributed by atoms with E-state index in [2.05, 4.69) is 10.2 Å². The molecule has 2 aromatic carbocycles. The quantitative estimate of drug-likeness (QED) is 0.640. The number of carbonyl (C=O) groups excluding carboxylic acids is 2. The first kappa shape index (κ1) is 22.6. The summed E-state index contributed by atoms with van der Waals surface area (Å²) < 4.78 is 16.5. The number of carbonyl (C=O) groups is 2. The van der Waals surface area contributed by atoms with Crippen molar-refractivity contribution in [2.45, 2.75) is 33.3 Å². The number of hydrogen-bond acceptors (Lipinski definition) is 6. The van der Waals surface area contributed by atoms with Crippen molar-refractivity contribution in [3.63, 3.8) is 0 Å². The number of anilines is 2. The van der Waals surface area contributed by atoms with Gasteiger partial charge in [-0.15, -0.1) is 0 Å². The van der Waals surface area contributed by atoms with Gasteiger partial charge in [0.05, 0.1) is 37.2 Å². The minimum atomic E-state index is -0.397. The highest BCUT2D eigenvalue weighted by molar-refractivity contribution is 6.05. The third-order valence-electron chi connectivity index (χ3n) is 4.73. The van der Waals surface area contributed by atoms with Gasteiger partial charge in [-0.3, -0.25) is 4.79 Å². The lowest BCUT2D eigenvalue weighted by atomic mass is 10.1. The SMILES string of the molecule is CCCOC(=O)c1cc(NC(=O)c2cccc(OC(C)C)c2)ccc1N1CCOCC1. The van der Waals surface area contributed by atoms with E-state index in [9.17, 15) is 9.59 Å². The van der Waals surface area contributed by atoms with Crippen molar-refractivity contribution in [3.8, 4) is 5.75 Å². The molecule has 2 aromatic rings. The fourth-order valence-electron chi connectivity index (χ4n) is 3.32. The molecule has 1 aliphatic rings. The lowest BCUT2D eigenvalue weighted by molar-refractivity contribution is 0.0504. The topological polar surface area (TPSA) is 77.1 Å². The Labute approximate surface area is 183 Å². The molecular formula is C24H30N2O5. The number of hydrogen-bond donors (Lipinski definition) is 1. The third-order valence-corrected chi connectivity index (χ3v) is 4.73. The summed E-state index contributed by atoms with van der Waals surface area (Å²) in [5.74, 6) is -0.0397. The first-order valence-electron chi connectivity index (χ1n) is 10.7. The number of ether oxygens (including phenoxy) is 3. The Morgan fingerprint density at radius 2 is 1.90 bits per heavy atom. The van der Waals surface area contributed by atoms with Crippen LogP contribution < -0.4 is 15.0 Å². The van der Waals surface area contributed by atoms with E-state index in [0.717, 1.165) is 12.1 Å². The maximum atomic E-state index is 12.8. The molecule has 0 bridgehead atoms. The molecule has 0 unspecified atom stereocenters. The normalized spacial score (nSPS) is 13.7. The first-order chi connectivity index (χ1) is 15.0. The van der Waals surface area contributed by atoms with Crippen LogP contribution in [0.5, 0.6) is 5.75 Å². The van der Waals surface area contributed by atoms with Crippen LogP contribution in [0.15, 0.2) is 42.5 Å². The molecule has 1 saturated heterocycles. The smallest absolute Gasteiger partial charge is 0.340 e. The van der Waals surface area contributed by atoms with Crippen LogP contribution in [0.3, 0.4) is 0 Å². The van der Waals surface area contributed by atoms with Crippen molar-refractivity contribution in [2.24, 2.45) is 0 Å². The fourth-order valence-corrected chi connectivity index (χ4v) is 3.32. The number of morpholine rings is 1. The van der Waals surface area contributed by atoms with Crippen molar-refractivity contribution in [3.05, 3.63) is 53.6 Å². The Kier molecular flexibility index (Phi) is 7.89. The molecule has 0 atom stereocenters. The van der Waals surface area contributed by atoms with Gasteiger partial charge in [-0.1, -0.05) is 13.0 Å². The molecule has 0 aromatic heterocycles. The average molecular weight is 427 g/mol. The molecule has 166 valence electrons. The number of benzene rings is 2. The molecule has 31 heavy (non-hydrogen) atoms. The molecule has 1 aliphatic heterocycles. The van der Waals surface area contributed by atoms with Crippen LogP contribution in [0.4, 0.5) is 11.4 Å². The second-order valence-electron chi connectivity index (χ2n) is 7.62. The lowest BCUT2D eigenvalue weighted by Crippen LogP contribution is -2.37. The minimum absolute atomic E-state index is 0.0164. The van der Waals surface area contributed by atoms with Gasteiger partial charge in [0.1, 0.15) is 5.75 Å². The molecular weight excluding hydrogens is 396 g/mol. The van der Waals surface area contributed by atoms with E-state index in [0.29, 0.717) is 55.5 Å². The number of esters is 1. The van der Waals surface area contributed by atoms with Gasteiger partial charge < -0.3 is 24.4 Å². The van der Waals surface area contributed by atoms with Gasteiger partial charge in [0.25, 0.3) is 5.91 Å². The summed E-state index contributed by atoms with van der Waals surface area (Å²) in [7, 11) is 0. The summed E-state index contributed by atoms with van der Waals surface area (Å²) in [6, 6.07) is 12.3. The van der Waals surface area contributed by atoms with Gasteiger partial charge in [-0.25, -0.2) is 4.79 Å². The highest BCUT2D eigenvalue weighted by atomic mass is 16.5. The standard InChI is InChI=1S/C24H30N2O5/c1-4-12-30-24(28)21-16-19(8-9-22(21)26-10-13-29-14-11-26)25-23(27)18-6-5-7-20(15-18)31-17(2)3/h5-9,15-17H,4,10-14H2,1-3H3,(H,25,27). The Morgan fingerprint density at radius 3 is 2.61 bits per heavy atom. The van der Waals surface area contributed by atoms with Gasteiger partial charge in [-0.2, -0.15) is 0 Å². The van der Waals surface area contributed by atoms with Crippen LogP contribution in [0, 0.1) is 0 Å². The van der Waals surface area contributed by atoms with Crippen LogP contribution in [0.2, 0.25) is 0 Å². The van der Waals surface area contributed by atoms with Crippen molar-refractivity contribution < 1.29 is 23.8 Å². The fraction of sp³-hybridized carbons (Fsp3) is 0.417. The van der Waals surface area contributed by atoms with Crippen molar-refractivity contribution >= 4 is 23.3 Å². The minimum Gasteiger partial charge on any atom is -0.491 e. The van der Waals surface area contributed by atoms with Gasteiger partial charge in [0.2, 0.25) is 0 Å². The molecule has 3 rings (SSSR count). The van der Waals surface area contributed by atoms with Gasteiger partial charge in [0, 0.05) is 24.3 Å². The highest BCUT2D eigenvalue weighted by Crippen LogP contribution is 2.27. The Balaban J connectivity index is 1.82. The average Bonchev–Trinajstić information content (AvgIpc) is 2.77. The van der Waals surface area contributed by atoms with Crippen LogP contribution in [0.1, 0.15) is 47.9 Å². The van der Waals surface area contributed by atoms with Crippen LogP contribution >= 0.6 is 0 Å². The van der Waals surface area contributed by atoms with Crippen LogP contribution in [0.25, 0.3) is 0 Å². The third kappa shape index (κ3) is 6.21.